The third-order valence-corrected chi connectivity index (χ3v) is 3.24. The number of rotatable bonds is 2. The SMILES string of the molecule is C[N+]1(C2OC(CO)C(O)C2O)C=CC(N)=NC1=O. The highest BCUT2D eigenvalue weighted by Gasteiger charge is 2.55. The first-order valence-corrected chi connectivity index (χ1v) is 5.46. The van der Waals surface area contributed by atoms with Crippen molar-refractivity contribution in [3.05, 3.63) is 12.3 Å². The predicted molar refractivity (Wildman–Crippen MR) is 60.1 cm³/mol. The maximum atomic E-state index is 11.9. The summed E-state index contributed by atoms with van der Waals surface area (Å²) in [5.74, 6) is 0.0716. The maximum absolute atomic E-state index is 11.9. The van der Waals surface area contributed by atoms with Crippen molar-refractivity contribution in [1.29, 1.82) is 0 Å². The molecule has 0 saturated carbocycles. The lowest BCUT2D eigenvalue weighted by molar-refractivity contribution is -0.835. The first-order chi connectivity index (χ1) is 8.40. The standard InChI is InChI=1S/C10H15N3O5/c1-13(3-2-6(11)12-10(13)17)9-8(16)7(15)5(4-14)18-9/h2-3,5,7-9,14-16H,4H2,1H3,(H-,11,12,17)/p+1. The molecule has 100 valence electrons. The van der Waals surface area contributed by atoms with Gasteiger partial charge in [-0.25, -0.2) is 4.79 Å². The number of carbonyl (C=O) groups excluding carboxylic acids is 1. The average molecular weight is 258 g/mol. The molecule has 1 saturated heterocycles. The topological polar surface area (TPSA) is 125 Å². The number of nitrogens with two attached hydrogens (primary N) is 1. The van der Waals surface area contributed by atoms with Crippen LogP contribution in [0.3, 0.4) is 0 Å². The van der Waals surface area contributed by atoms with E-state index in [0.717, 1.165) is 0 Å². The molecule has 0 aliphatic carbocycles. The number of urea groups is 1. The third-order valence-electron chi connectivity index (χ3n) is 3.24. The summed E-state index contributed by atoms with van der Waals surface area (Å²) in [5.41, 5.74) is 5.40. The van der Waals surface area contributed by atoms with E-state index in [9.17, 15) is 15.0 Å². The summed E-state index contributed by atoms with van der Waals surface area (Å²) < 4.78 is 4.86. The molecule has 2 aliphatic heterocycles. The molecular weight excluding hydrogens is 242 g/mol. The van der Waals surface area contributed by atoms with Gasteiger partial charge in [-0.1, -0.05) is 0 Å². The van der Waals surface area contributed by atoms with E-state index < -0.39 is 41.7 Å². The Morgan fingerprint density at radius 1 is 1.50 bits per heavy atom. The highest BCUT2D eigenvalue weighted by Crippen LogP contribution is 2.30. The first-order valence-electron chi connectivity index (χ1n) is 5.46. The van der Waals surface area contributed by atoms with Gasteiger partial charge in [-0.15, -0.1) is 4.99 Å². The molecular formula is C10H16N3O5+. The lowest BCUT2D eigenvalue weighted by Crippen LogP contribution is -2.57. The van der Waals surface area contributed by atoms with Crippen LogP contribution in [-0.4, -0.2) is 69.9 Å². The molecule has 1 fully saturated rings. The Hall–Kier alpha value is -1.32. The fourth-order valence-corrected chi connectivity index (χ4v) is 2.07. The van der Waals surface area contributed by atoms with E-state index in [1.165, 1.54) is 19.3 Å². The van der Waals surface area contributed by atoms with Gasteiger partial charge >= 0.3 is 6.03 Å². The number of amides is 2. The van der Waals surface area contributed by atoms with E-state index in [4.69, 9.17) is 15.6 Å². The van der Waals surface area contributed by atoms with Gasteiger partial charge in [-0.3, -0.25) is 0 Å². The summed E-state index contributed by atoms with van der Waals surface area (Å²) >= 11 is 0. The van der Waals surface area contributed by atoms with Crippen molar-refractivity contribution in [1.82, 2.24) is 0 Å². The third kappa shape index (κ3) is 1.84. The van der Waals surface area contributed by atoms with E-state index in [0.29, 0.717) is 0 Å². The van der Waals surface area contributed by atoms with Gasteiger partial charge < -0.3 is 25.8 Å². The maximum Gasteiger partial charge on any atom is 0.451 e. The van der Waals surface area contributed by atoms with Crippen LogP contribution in [0.5, 0.6) is 0 Å². The van der Waals surface area contributed by atoms with E-state index in [2.05, 4.69) is 4.99 Å². The number of likely N-dealkylation sites (N-methyl/N-ethyl adjacent to an activating group) is 1. The van der Waals surface area contributed by atoms with Gasteiger partial charge in [0, 0.05) is 6.08 Å². The van der Waals surface area contributed by atoms with Gasteiger partial charge in [0.25, 0.3) is 0 Å². The number of nitrogens with zero attached hydrogens (tertiary/aromatic N) is 2. The van der Waals surface area contributed by atoms with Crippen molar-refractivity contribution < 1.29 is 29.3 Å². The normalized spacial score (nSPS) is 44.2. The Balaban J connectivity index is 2.27. The van der Waals surface area contributed by atoms with Crippen LogP contribution in [-0.2, 0) is 4.74 Å². The zero-order valence-corrected chi connectivity index (χ0v) is 9.80. The number of ether oxygens (including phenoxy) is 1. The monoisotopic (exact) mass is 258 g/mol. The molecule has 2 aliphatic rings. The zero-order valence-electron chi connectivity index (χ0n) is 9.80. The number of carbonyl (C=O) groups is 1. The molecule has 0 spiro atoms. The number of aliphatic hydroxyl groups is 3. The van der Waals surface area contributed by atoms with Gasteiger partial charge in [0.15, 0.2) is 6.10 Å². The molecule has 2 heterocycles. The largest absolute Gasteiger partial charge is 0.451 e. The fourth-order valence-electron chi connectivity index (χ4n) is 2.07. The van der Waals surface area contributed by atoms with Crippen LogP contribution < -0.4 is 5.73 Å². The summed E-state index contributed by atoms with van der Waals surface area (Å²) in [7, 11) is 1.48. The summed E-state index contributed by atoms with van der Waals surface area (Å²) in [6, 6.07) is -0.607. The Morgan fingerprint density at radius 2 is 2.17 bits per heavy atom. The molecule has 0 radical (unpaired) electrons. The van der Waals surface area contributed by atoms with Gasteiger partial charge in [0.05, 0.1) is 13.7 Å². The van der Waals surface area contributed by atoms with Gasteiger partial charge in [-0.05, 0) is 0 Å². The number of amidine groups is 1. The molecule has 2 rings (SSSR count). The minimum absolute atomic E-state index is 0.0716. The molecule has 2 amide bonds. The molecule has 5 N–H and O–H groups in total. The Labute approximate surface area is 103 Å². The molecule has 0 bridgehead atoms. The van der Waals surface area contributed by atoms with Crippen LogP contribution in [0.25, 0.3) is 0 Å². The number of hydrogen-bond donors (Lipinski definition) is 4. The van der Waals surface area contributed by atoms with Gasteiger partial charge in [0.2, 0.25) is 6.23 Å². The first kappa shape index (κ1) is 13.1. The summed E-state index contributed by atoms with van der Waals surface area (Å²) in [4.78, 5) is 15.5. The summed E-state index contributed by atoms with van der Waals surface area (Å²) in [6.45, 7) is -0.446. The minimum Gasteiger partial charge on any atom is -0.394 e. The second kappa shape index (κ2) is 4.41. The molecule has 0 aromatic rings. The molecule has 8 nitrogen and oxygen atoms in total. The fraction of sp³-hybridized carbons (Fsp3) is 0.600. The molecule has 8 heteroatoms. The quantitative estimate of drug-likeness (QED) is 0.419. The molecule has 5 unspecified atom stereocenters. The summed E-state index contributed by atoms with van der Waals surface area (Å²) in [6.07, 6.45) is -1.64. The van der Waals surface area contributed by atoms with Crippen LogP contribution in [0.15, 0.2) is 17.3 Å². The second-order valence-electron chi connectivity index (χ2n) is 4.51. The lowest BCUT2D eigenvalue weighted by atomic mass is 10.1. The lowest BCUT2D eigenvalue weighted by Gasteiger charge is -2.33. The predicted octanol–water partition coefficient (Wildman–Crippen LogP) is -2.12. The van der Waals surface area contributed by atoms with E-state index in [-0.39, 0.29) is 5.84 Å². The number of hydrogen-bond acceptors (Lipinski definition) is 6. The van der Waals surface area contributed by atoms with Crippen LogP contribution in [0.2, 0.25) is 0 Å². The molecule has 0 aromatic heterocycles. The van der Waals surface area contributed by atoms with Crippen LogP contribution in [0.1, 0.15) is 0 Å². The Bertz CT molecular complexity index is 424. The Morgan fingerprint density at radius 3 is 2.67 bits per heavy atom. The highest BCUT2D eigenvalue weighted by molar-refractivity contribution is 5.99. The van der Waals surface area contributed by atoms with Crippen LogP contribution in [0, 0.1) is 0 Å². The van der Waals surface area contributed by atoms with Crippen molar-refractivity contribution in [2.75, 3.05) is 13.7 Å². The van der Waals surface area contributed by atoms with Crippen LogP contribution in [0.4, 0.5) is 4.79 Å². The zero-order chi connectivity index (χ0) is 13.5. The smallest absolute Gasteiger partial charge is 0.394 e. The average Bonchev–Trinajstić information content (AvgIpc) is 2.62. The molecule has 5 atom stereocenters. The van der Waals surface area contributed by atoms with Gasteiger partial charge in [0.1, 0.15) is 24.2 Å². The molecule has 0 aromatic carbocycles. The summed E-state index contributed by atoms with van der Waals surface area (Å²) in [5, 5.41) is 28.6. The molecule has 18 heavy (non-hydrogen) atoms. The Kier molecular flexibility index (Phi) is 3.21. The number of quaternary nitrogens is 1. The van der Waals surface area contributed by atoms with Gasteiger partial charge in [-0.2, -0.15) is 4.48 Å². The number of aliphatic imine (C=N–C) groups is 1. The van der Waals surface area contributed by atoms with Crippen molar-refractivity contribution in [2.45, 2.75) is 24.5 Å². The van der Waals surface area contributed by atoms with Crippen molar-refractivity contribution in [2.24, 2.45) is 10.7 Å². The van der Waals surface area contributed by atoms with E-state index in [1.807, 2.05) is 0 Å². The number of aliphatic hydroxyl groups excluding tert-OH is 3. The van der Waals surface area contributed by atoms with Crippen molar-refractivity contribution in [3.8, 4) is 0 Å². The van der Waals surface area contributed by atoms with E-state index >= 15 is 0 Å². The minimum atomic E-state index is -1.30. The van der Waals surface area contributed by atoms with Crippen molar-refractivity contribution >= 4 is 11.9 Å². The van der Waals surface area contributed by atoms with Crippen LogP contribution >= 0.6 is 0 Å². The van der Waals surface area contributed by atoms with Crippen molar-refractivity contribution in [3.63, 3.8) is 0 Å². The second-order valence-corrected chi connectivity index (χ2v) is 4.51. The van der Waals surface area contributed by atoms with E-state index in [1.54, 1.807) is 0 Å². The highest BCUT2D eigenvalue weighted by atomic mass is 16.6.